The first-order valence-corrected chi connectivity index (χ1v) is 5.44. The molecule has 1 aromatic heterocycles. The minimum Gasteiger partial charge on any atom is -0.394 e. The molecule has 1 aromatic rings. The summed E-state index contributed by atoms with van der Waals surface area (Å²) < 4.78 is 36.6. The molecule has 1 heterocycles. The van der Waals surface area contributed by atoms with Crippen molar-refractivity contribution >= 4 is 16.5 Å². The van der Waals surface area contributed by atoms with Gasteiger partial charge in [-0.15, -0.1) is 10.2 Å². The van der Waals surface area contributed by atoms with Gasteiger partial charge >= 0.3 is 6.18 Å². The summed E-state index contributed by atoms with van der Waals surface area (Å²) in [7, 11) is 0. The number of nitrogens with one attached hydrogen (secondary N) is 1. The van der Waals surface area contributed by atoms with Crippen LogP contribution in [0.2, 0.25) is 0 Å². The Bertz CT molecular complexity index is 340. The van der Waals surface area contributed by atoms with Gasteiger partial charge in [0.1, 0.15) is 0 Å². The highest BCUT2D eigenvalue weighted by Crippen LogP contribution is 2.33. The van der Waals surface area contributed by atoms with Gasteiger partial charge in [0.05, 0.1) is 12.6 Å². The van der Waals surface area contributed by atoms with E-state index in [0.29, 0.717) is 11.3 Å². The first-order valence-electron chi connectivity index (χ1n) is 4.62. The summed E-state index contributed by atoms with van der Waals surface area (Å²) >= 11 is 0.431. The number of alkyl halides is 3. The summed E-state index contributed by atoms with van der Waals surface area (Å²) in [5.74, 6) is 0.0863. The van der Waals surface area contributed by atoms with Gasteiger partial charge < -0.3 is 10.4 Å². The van der Waals surface area contributed by atoms with E-state index in [2.05, 4.69) is 15.5 Å². The lowest BCUT2D eigenvalue weighted by atomic mass is 10.1. The Hall–Kier alpha value is -0.890. The normalized spacial score (nSPS) is 14.2. The molecule has 0 spiro atoms. The first kappa shape index (κ1) is 13.2. The Balaban J connectivity index is 2.72. The van der Waals surface area contributed by atoms with Crippen molar-refractivity contribution in [3.8, 4) is 0 Å². The van der Waals surface area contributed by atoms with E-state index in [1.54, 1.807) is 0 Å². The quantitative estimate of drug-likeness (QED) is 0.863. The molecule has 1 atom stereocenters. The second-order valence-corrected chi connectivity index (χ2v) is 4.57. The first-order chi connectivity index (χ1) is 7.34. The van der Waals surface area contributed by atoms with Crippen molar-refractivity contribution in [2.45, 2.75) is 26.1 Å². The van der Waals surface area contributed by atoms with E-state index in [-0.39, 0.29) is 23.7 Å². The molecule has 0 radical (unpaired) electrons. The zero-order chi connectivity index (χ0) is 12.3. The SMILES string of the molecule is CC(C)C(CO)Nc1nnc(C(F)(F)F)s1. The Morgan fingerprint density at radius 3 is 2.38 bits per heavy atom. The van der Waals surface area contributed by atoms with Gasteiger partial charge in [-0.3, -0.25) is 0 Å². The lowest BCUT2D eigenvalue weighted by molar-refractivity contribution is -0.138. The van der Waals surface area contributed by atoms with Crippen LogP contribution in [-0.2, 0) is 6.18 Å². The highest BCUT2D eigenvalue weighted by atomic mass is 32.1. The van der Waals surface area contributed by atoms with Crippen LogP contribution < -0.4 is 5.32 Å². The Morgan fingerprint density at radius 1 is 1.38 bits per heavy atom. The third-order valence-electron chi connectivity index (χ3n) is 1.98. The molecule has 1 unspecified atom stereocenters. The minimum absolute atomic E-state index is 0.0695. The molecule has 0 bridgehead atoms. The van der Waals surface area contributed by atoms with Gasteiger partial charge in [0, 0.05) is 0 Å². The predicted molar refractivity (Wildman–Crippen MR) is 54.2 cm³/mol. The maximum atomic E-state index is 12.2. The van der Waals surface area contributed by atoms with Crippen molar-refractivity contribution in [2.75, 3.05) is 11.9 Å². The van der Waals surface area contributed by atoms with Crippen molar-refractivity contribution in [3.05, 3.63) is 5.01 Å². The number of hydrogen-bond acceptors (Lipinski definition) is 5. The number of aliphatic hydroxyl groups is 1. The molecule has 0 saturated heterocycles. The summed E-state index contributed by atoms with van der Waals surface area (Å²) in [6.07, 6.45) is -4.47. The minimum atomic E-state index is -4.47. The summed E-state index contributed by atoms with van der Waals surface area (Å²) in [4.78, 5) is 0. The molecular weight excluding hydrogens is 243 g/mol. The number of nitrogens with zero attached hydrogens (tertiary/aromatic N) is 2. The molecule has 1 rings (SSSR count). The zero-order valence-corrected chi connectivity index (χ0v) is 9.56. The standard InChI is InChI=1S/C8H12F3N3OS/c1-4(2)5(3-15)12-7-14-13-6(16-7)8(9,10)11/h4-5,15H,3H2,1-2H3,(H,12,14). The molecule has 8 heteroatoms. The average Bonchev–Trinajstić information content (AvgIpc) is 2.61. The average molecular weight is 255 g/mol. The van der Waals surface area contributed by atoms with E-state index in [0.717, 1.165) is 0 Å². The molecule has 0 saturated carbocycles. The number of hydrogen-bond donors (Lipinski definition) is 2. The predicted octanol–water partition coefficient (Wildman–Crippen LogP) is 1.99. The van der Waals surface area contributed by atoms with Gasteiger partial charge in [-0.1, -0.05) is 25.2 Å². The van der Waals surface area contributed by atoms with Gasteiger partial charge in [0.15, 0.2) is 0 Å². The number of anilines is 1. The molecule has 0 aliphatic heterocycles. The monoisotopic (exact) mass is 255 g/mol. The smallest absolute Gasteiger partial charge is 0.394 e. The molecule has 0 aliphatic carbocycles. The molecule has 0 fully saturated rings. The summed E-state index contributed by atoms with van der Waals surface area (Å²) in [6, 6.07) is -0.325. The highest BCUT2D eigenvalue weighted by Gasteiger charge is 2.35. The number of rotatable bonds is 4. The van der Waals surface area contributed by atoms with Crippen LogP contribution in [0.5, 0.6) is 0 Å². The number of halogens is 3. The van der Waals surface area contributed by atoms with E-state index < -0.39 is 11.2 Å². The third-order valence-corrected chi connectivity index (χ3v) is 2.88. The third kappa shape index (κ3) is 3.31. The largest absolute Gasteiger partial charge is 0.445 e. The van der Waals surface area contributed by atoms with Crippen LogP contribution in [0.4, 0.5) is 18.3 Å². The van der Waals surface area contributed by atoms with Gasteiger partial charge in [-0.2, -0.15) is 13.2 Å². The molecule has 0 aromatic carbocycles. The molecule has 2 N–H and O–H groups in total. The van der Waals surface area contributed by atoms with Crippen LogP contribution in [0.25, 0.3) is 0 Å². The zero-order valence-electron chi connectivity index (χ0n) is 8.75. The van der Waals surface area contributed by atoms with Crippen LogP contribution in [0.15, 0.2) is 0 Å². The second kappa shape index (κ2) is 4.96. The summed E-state index contributed by atoms with van der Waals surface area (Å²) in [5.41, 5.74) is 0. The second-order valence-electron chi connectivity index (χ2n) is 3.59. The lowest BCUT2D eigenvalue weighted by Gasteiger charge is -2.18. The summed E-state index contributed by atoms with van der Waals surface area (Å²) in [5, 5.41) is 17.2. The Kier molecular flexibility index (Phi) is 4.09. The van der Waals surface area contributed by atoms with Crippen molar-refractivity contribution in [1.82, 2.24) is 10.2 Å². The molecular formula is C8H12F3N3OS. The van der Waals surface area contributed by atoms with Gasteiger partial charge in [0.2, 0.25) is 10.1 Å². The summed E-state index contributed by atoms with van der Waals surface area (Å²) in [6.45, 7) is 3.53. The van der Waals surface area contributed by atoms with Crippen LogP contribution in [0, 0.1) is 5.92 Å². The molecule has 92 valence electrons. The van der Waals surface area contributed by atoms with E-state index in [4.69, 9.17) is 5.11 Å². The molecule has 0 amide bonds. The van der Waals surface area contributed by atoms with Crippen LogP contribution in [0.1, 0.15) is 18.9 Å². The maximum Gasteiger partial charge on any atom is 0.445 e. The molecule has 0 aliphatic rings. The topological polar surface area (TPSA) is 58.0 Å². The van der Waals surface area contributed by atoms with Crippen LogP contribution >= 0.6 is 11.3 Å². The lowest BCUT2D eigenvalue weighted by Crippen LogP contribution is -2.29. The van der Waals surface area contributed by atoms with E-state index in [9.17, 15) is 13.2 Å². The van der Waals surface area contributed by atoms with E-state index >= 15 is 0 Å². The fourth-order valence-electron chi connectivity index (χ4n) is 0.978. The fraction of sp³-hybridized carbons (Fsp3) is 0.750. The highest BCUT2D eigenvalue weighted by molar-refractivity contribution is 7.15. The van der Waals surface area contributed by atoms with Crippen molar-refractivity contribution in [3.63, 3.8) is 0 Å². The van der Waals surface area contributed by atoms with Gasteiger partial charge in [-0.25, -0.2) is 0 Å². The van der Waals surface area contributed by atoms with Gasteiger partial charge in [0.25, 0.3) is 0 Å². The van der Waals surface area contributed by atoms with Crippen molar-refractivity contribution in [1.29, 1.82) is 0 Å². The van der Waals surface area contributed by atoms with Crippen LogP contribution in [0.3, 0.4) is 0 Å². The Morgan fingerprint density at radius 2 is 2.00 bits per heavy atom. The van der Waals surface area contributed by atoms with Crippen molar-refractivity contribution < 1.29 is 18.3 Å². The molecule has 4 nitrogen and oxygen atoms in total. The van der Waals surface area contributed by atoms with Crippen molar-refractivity contribution in [2.24, 2.45) is 5.92 Å². The van der Waals surface area contributed by atoms with Gasteiger partial charge in [-0.05, 0) is 5.92 Å². The number of aromatic nitrogens is 2. The fourth-order valence-corrected chi connectivity index (χ4v) is 1.65. The van der Waals surface area contributed by atoms with Crippen LogP contribution in [-0.4, -0.2) is 28.0 Å². The Labute approximate surface area is 94.5 Å². The van der Waals surface area contributed by atoms with E-state index in [1.165, 1.54) is 0 Å². The van der Waals surface area contributed by atoms with E-state index in [1.807, 2.05) is 13.8 Å². The number of aliphatic hydroxyl groups excluding tert-OH is 1. The maximum absolute atomic E-state index is 12.2. The molecule has 16 heavy (non-hydrogen) atoms.